The minimum absolute atomic E-state index is 0.296. The molecule has 2 aliphatic heterocycles. The lowest BCUT2D eigenvalue weighted by Crippen LogP contribution is -2.40. The molecule has 0 fully saturated rings. The number of hydrogen-bond donors (Lipinski definition) is 2. The number of hydrogen-bond acceptors (Lipinski definition) is 8. The lowest BCUT2D eigenvalue weighted by Gasteiger charge is -2.17. The number of carbonyl (C=O) groups is 3. The predicted octanol–water partition coefficient (Wildman–Crippen LogP) is 1.40. The van der Waals surface area contributed by atoms with Gasteiger partial charge in [0.2, 0.25) is 12.5 Å². The third kappa shape index (κ3) is 5.74. The number of nitrogens with zero attached hydrogens (tertiary/aromatic N) is 1. The molecule has 1 aromatic heterocycles. The zero-order valence-electron chi connectivity index (χ0n) is 19.7. The molecule has 3 heterocycles. The highest BCUT2D eigenvalue weighted by Crippen LogP contribution is 2.41. The van der Waals surface area contributed by atoms with E-state index in [-0.39, 0.29) is 12.8 Å². The number of aromatic nitrogens is 1. The molecule has 0 saturated heterocycles. The third-order valence-electron chi connectivity index (χ3n) is 5.55. The zero-order chi connectivity index (χ0) is 26.2. The van der Waals surface area contributed by atoms with Gasteiger partial charge in [0.05, 0.1) is 38.0 Å². The van der Waals surface area contributed by atoms with Crippen molar-refractivity contribution in [2.45, 2.75) is 25.8 Å². The Hall–Kier alpha value is -4.54. The van der Waals surface area contributed by atoms with Crippen LogP contribution >= 0.6 is 0 Å². The first-order chi connectivity index (χ1) is 17.3. The largest absolute Gasteiger partial charge is 0.554 e. The van der Waals surface area contributed by atoms with E-state index in [0.29, 0.717) is 6.79 Å². The van der Waals surface area contributed by atoms with E-state index in [9.17, 15) is 9.59 Å². The molecule has 0 aliphatic carbocycles. The van der Waals surface area contributed by atoms with E-state index in [0.717, 1.165) is 46.7 Å². The number of carboxylic acids is 2. The van der Waals surface area contributed by atoms with Gasteiger partial charge in [-0.15, -0.1) is 0 Å². The van der Waals surface area contributed by atoms with Crippen molar-refractivity contribution in [3.8, 4) is 34.3 Å². The average molecular weight is 499 g/mol. The quantitative estimate of drug-likeness (QED) is 0.389. The summed E-state index contributed by atoms with van der Waals surface area (Å²) in [5.74, 6) is 1.03. The Kier molecular flexibility index (Phi) is 8.50. The van der Waals surface area contributed by atoms with Crippen molar-refractivity contribution in [2.24, 2.45) is 0 Å². The van der Waals surface area contributed by atoms with Gasteiger partial charge in [0, 0.05) is 19.0 Å². The molecule has 0 atom stereocenters. The summed E-state index contributed by atoms with van der Waals surface area (Å²) in [4.78, 5) is 27.5. The fraction of sp³-hybridized carbons (Fsp3) is 0.280. The summed E-state index contributed by atoms with van der Waals surface area (Å²) in [5.41, 5.74) is 3.68. The number of fused-ring (bicyclic) bond motifs is 5. The summed E-state index contributed by atoms with van der Waals surface area (Å²) < 4.78 is 24.4. The van der Waals surface area contributed by atoms with Crippen LogP contribution in [0.25, 0.3) is 22.0 Å². The predicted molar refractivity (Wildman–Crippen MR) is 123 cm³/mol. The van der Waals surface area contributed by atoms with Gasteiger partial charge < -0.3 is 39.1 Å². The number of carboxylic acid groups (broad SMARTS) is 3. The summed E-state index contributed by atoms with van der Waals surface area (Å²) >= 11 is 0. The molecule has 0 spiro atoms. The summed E-state index contributed by atoms with van der Waals surface area (Å²) in [6, 6.07) is 10.4. The third-order valence-corrected chi connectivity index (χ3v) is 5.55. The molecule has 0 bridgehead atoms. The van der Waals surface area contributed by atoms with E-state index in [1.807, 2.05) is 6.07 Å². The van der Waals surface area contributed by atoms with Crippen LogP contribution in [0, 0.1) is 0 Å². The van der Waals surface area contributed by atoms with E-state index in [1.54, 1.807) is 14.2 Å². The molecule has 0 saturated carbocycles. The summed E-state index contributed by atoms with van der Waals surface area (Å²) in [5, 5.41) is 26.2. The van der Waals surface area contributed by atoms with Crippen LogP contribution in [0.15, 0.2) is 36.5 Å². The molecule has 2 N–H and O–H groups in total. The molecule has 5 rings (SSSR count). The topological polar surface area (TPSA) is 156 Å². The number of benzene rings is 2. The number of carbonyl (C=O) groups excluding carboxylic acids is 1. The fourth-order valence-electron chi connectivity index (χ4n) is 3.98. The molecule has 3 aromatic rings. The second-order valence-electron chi connectivity index (χ2n) is 7.65. The molecular formula is C25H25NO10. The molecule has 36 heavy (non-hydrogen) atoms. The highest BCUT2D eigenvalue weighted by atomic mass is 16.7. The van der Waals surface area contributed by atoms with Crippen molar-refractivity contribution < 1.29 is 53.2 Å². The Morgan fingerprint density at radius 2 is 1.69 bits per heavy atom. The van der Waals surface area contributed by atoms with Crippen LogP contribution in [0.3, 0.4) is 0 Å². The van der Waals surface area contributed by atoms with Crippen LogP contribution < -0.4 is 28.6 Å². The van der Waals surface area contributed by atoms with Gasteiger partial charge in [-0.3, -0.25) is 9.59 Å². The lowest BCUT2D eigenvalue weighted by molar-refractivity contribution is -0.686. The van der Waals surface area contributed by atoms with Crippen molar-refractivity contribution >= 4 is 29.2 Å². The Morgan fingerprint density at radius 3 is 2.28 bits per heavy atom. The van der Waals surface area contributed by atoms with Gasteiger partial charge in [-0.05, 0) is 35.2 Å². The first-order valence-electron chi connectivity index (χ1n) is 10.8. The van der Waals surface area contributed by atoms with E-state index >= 15 is 0 Å². The lowest BCUT2D eigenvalue weighted by atomic mass is 9.95. The zero-order valence-corrected chi connectivity index (χ0v) is 19.7. The van der Waals surface area contributed by atoms with Crippen molar-refractivity contribution in [1.29, 1.82) is 0 Å². The monoisotopic (exact) mass is 499 g/mol. The normalized spacial score (nSPS) is 12.1. The first-order valence-corrected chi connectivity index (χ1v) is 10.8. The number of rotatable bonds is 5. The van der Waals surface area contributed by atoms with Crippen molar-refractivity contribution in [3.63, 3.8) is 0 Å². The SMILES string of the molecule is COc1ccc2cc3[n+](cc2c1OC)CCc1cc2c(cc1-3)OCO2.O=C(O)CCC(=O)O.O=C[O-]. The van der Waals surface area contributed by atoms with Gasteiger partial charge in [-0.1, -0.05) is 0 Å². The summed E-state index contributed by atoms with van der Waals surface area (Å²) in [6.45, 7) is 0.714. The van der Waals surface area contributed by atoms with E-state index in [4.69, 9.17) is 39.1 Å². The van der Waals surface area contributed by atoms with Crippen LogP contribution in [-0.4, -0.2) is 49.6 Å². The van der Waals surface area contributed by atoms with E-state index in [2.05, 4.69) is 35.0 Å². The maximum atomic E-state index is 9.64. The Bertz CT molecular complexity index is 1270. The van der Waals surface area contributed by atoms with Crippen molar-refractivity contribution in [3.05, 3.63) is 42.1 Å². The van der Waals surface area contributed by atoms with Crippen LogP contribution in [0.5, 0.6) is 23.0 Å². The molecule has 0 radical (unpaired) electrons. The van der Waals surface area contributed by atoms with Crippen LogP contribution in [0.4, 0.5) is 0 Å². The van der Waals surface area contributed by atoms with Gasteiger partial charge in [0.1, 0.15) is 0 Å². The maximum Gasteiger partial charge on any atom is 0.303 e. The Balaban J connectivity index is 0.000000280. The van der Waals surface area contributed by atoms with Gasteiger partial charge >= 0.3 is 11.9 Å². The van der Waals surface area contributed by atoms with Gasteiger partial charge in [-0.25, -0.2) is 0 Å². The highest BCUT2D eigenvalue weighted by molar-refractivity contribution is 5.91. The van der Waals surface area contributed by atoms with Crippen molar-refractivity contribution in [2.75, 3.05) is 21.0 Å². The van der Waals surface area contributed by atoms with Crippen LogP contribution in [0.1, 0.15) is 18.4 Å². The van der Waals surface area contributed by atoms with E-state index in [1.165, 1.54) is 16.8 Å². The standard InChI is InChI=1S/C20H18NO4.C4H6O4.CH2O2/c1-22-17-4-3-12-7-16-14-9-19-18(24-11-25-19)8-13(14)5-6-21(16)10-15(12)20(17)23-2;5-3(6)1-2-4(7)8;2-1-3/h3-4,7-10H,5-6,11H2,1-2H3;1-2H2,(H,5,6)(H,7,8);1H,(H,2,3)/q+1;;/p-1. The molecule has 11 heteroatoms. The minimum atomic E-state index is -1.08. The number of aliphatic carboxylic acids is 2. The van der Waals surface area contributed by atoms with Gasteiger partial charge in [0.25, 0.3) is 0 Å². The smallest absolute Gasteiger partial charge is 0.303 e. The van der Waals surface area contributed by atoms with Crippen LogP contribution in [-0.2, 0) is 27.3 Å². The second kappa shape index (κ2) is 11.7. The second-order valence-corrected chi connectivity index (χ2v) is 7.65. The maximum absolute atomic E-state index is 9.64. The number of ether oxygens (including phenoxy) is 4. The molecular weight excluding hydrogens is 474 g/mol. The molecule has 2 aromatic carbocycles. The number of aryl methyl sites for hydroxylation is 2. The molecule has 190 valence electrons. The molecule has 0 amide bonds. The van der Waals surface area contributed by atoms with Gasteiger partial charge in [-0.2, -0.15) is 4.57 Å². The summed E-state index contributed by atoms with van der Waals surface area (Å²) in [6.07, 6.45) is 2.52. The fourth-order valence-corrected chi connectivity index (χ4v) is 3.98. The number of methoxy groups -OCH3 is 2. The molecule has 2 aliphatic rings. The Morgan fingerprint density at radius 1 is 1.06 bits per heavy atom. The summed E-state index contributed by atoms with van der Waals surface area (Å²) in [7, 11) is 3.34. The van der Waals surface area contributed by atoms with Gasteiger partial charge in [0.15, 0.2) is 35.7 Å². The minimum Gasteiger partial charge on any atom is -0.554 e. The van der Waals surface area contributed by atoms with Crippen molar-refractivity contribution in [1.82, 2.24) is 0 Å². The highest BCUT2D eigenvalue weighted by Gasteiger charge is 2.28. The first kappa shape index (κ1) is 26.1. The average Bonchev–Trinajstić information content (AvgIpc) is 3.32. The molecule has 11 nitrogen and oxygen atoms in total. The van der Waals surface area contributed by atoms with E-state index < -0.39 is 18.4 Å². The Labute approximate surface area is 206 Å². The molecule has 0 unspecified atom stereocenters. The number of pyridine rings is 1. The van der Waals surface area contributed by atoms with Crippen LogP contribution in [0.2, 0.25) is 0 Å².